The van der Waals surface area contributed by atoms with Gasteiger partial charge in [0.05, 0.1) is 0 Å². The van der Waals surface area contributed by atoms with Crippen LogP contribution in [0.2, 0.25) is 0 Å². The fourth-order valence-corrected chi connectivity index (χ4v) is 4.84. The Morgan fingerprint density at radius 2 is 1.71 bits per heavy atom. The van der Waals surface area contributed by atoms with E-state index < -0.39 is 11.1 Å². The molecule has 0 bridgehead atoms. The number of amides is 2. The molecule has 0 aromatic heterocycles. The van der Waals surface area contributed by atoms with Crippen LogP contribution in [0.3, 0.4) is 0 Å². The molecule has 21 heavy (non-hydrogen) atoms. The SMILES string of the molecule is CSCCCN1C(=O)C2(CCCC2)NC(=O)C12CCCC2. The third kappa shape index (κ3) is 2.37. The van der Waals surface area contributed by atoms with Crippen molar-refractivity contribution in [3.8, 4) is 0 Å². The van der Waals surface area contributed by atoms with Gasteiger partial charge < -0.3 is 10.2 Å². The summed E-state index contributed by atoms with van der Waals surface area (Å²) in [5.41, 5.74) is -1.09. The number of piperazine rings is 1. The van der Waals surface area contributed by atoms with Crippen molar-refractivity contribution in [1.82, 2.24) is 10.2 Å². The molecule has 4 nitrogen and oxygen atoms in total. The number of hydrogen-bond acceptors (Lipinski definition) is 3. The van der Waals surface area contributed by atoms with Crippen LogP contribution in [-0.4, -0.2) is 46.3 Å². The third-order valence-electron chi connectivity index (χ3n) is 5.56. The highest BCUT2D eigenvalue weighted by Crippen LogP contribution is 2.44. The van der Waals surface area contributed by atoms with Gasteiger partial charge in [-0.3, -0.25) is 9.59 Å². The van der Waals surface area contributed by atoms with E-state index in [1.807, 2.05) is 16.7 Å². The lowest BCUT2D eigenvalue weighted by molar-refractivity contribution is -0.163. The van der Waals surface area contributed by atoms with E-state index in [4.69, 9.17) is 0 Å². The Hall–Kier alpha value is -0.710. The van der Waals surface area contributed by atoms with Gasteiger partial charge in [0, 0.05) is 6.54 Å². The molecule has 1 N–H and O–H groups in total. The van der Waals surface area contributed by atoms with Crippen LogP contribution in [0, 0.1) is 0 Å². The Morgan fingerprint density at radius 1 is 1.10 bits per heavy atom. The summed E-state index contributed by atoms with van der Waals surface area (Å²) in [6.45, 7) is 0.745. The fourth-order valence-electron chi connectivity index (χ4n) is 4.42. The molecule has 0 aromatic carbocycles. The topological polar surface area (TPSA) is 49.4 Å². The van der Waals surface area contributed by atoms with Gasteiger partial charge in [-0.2, -0.15) is 11.8 Å². The Morgan fingerprint density at radius 3 is 2.33 bits per heavy atom. The van der Waals surface area contributed by atoms with Gasteiger partial charge in [-0.25, -0.2) is 0 Å². The average Bonchev–Trinajstić information content (AvgIpc) is 3.12. The molecule has 1 aliphatic heterocycles. The predicted octanol–water partition coefficient (Wildman–Crippen LogP) is 2.32. The number of thioether (sulfide) groups is 1. The smallest absolute Gasteiger partial charge is 0.249 e. The number of hydrogen-bond donors (Lipinski definition) is 1. The number of rotatable bonds is 4. The molecule has 5 heteroatoms. The molecule has 2 amide bonds. The van der Waals surface area contributed by atoms with Crippen LogP contribution in [0.25, 0.3) is 0 Å². The third-order valence-corrected chi connectivity index (χ3v) is 6.26. The van der Waals surface area contributed by atoms with Crippen molar-refractivity contribution in [1.29, 1.82) is 0 Å². The fraction of sp³-hybridized carbons (Fsp3) is 0.875. The molecule has 0 unspecified atom stereocenters. The van der Waals surface area contributed by atoms with Crippen molar-refractivity contribution in [3.05, 3.63) is 0 Å². The number of nitrogens with zero attached hydrogens (tertiary/aromatic N) is 1. The van der Waals surface area contributed by atoms with Crippen LogP contribution >= 0.6 is 11.8 Å². The molecule has 0 atom stereocenters. The van der Waals surface area contributed by atoms with Gasteiger partial charge in [0.15, 0.2) is 0 Å². The second kappa shape index (κ2) is 5.82. The molecule has 3 fully saturated rings. The van der Waals surface area contributed by atoms with Crippen molar-refractivity contribution in [2.24, 2.45) is 0 Å². The lowest BCUT2D eigenvalue weighted by Crippen LogP contribution is -2.74. The Balaban J connectivity index is 1.87. The number of carbonyl (C=O) groups is 2. The lowest BCUT2D eigenvalue weighted by atomic mass is 9.82. The molecule has 118 valence electrons. The highest BCUT2D eigenvalue weighted by Gasteiger charge is 2.59. The van der Waals surface area contributed by atoms with Gasteiger partial charge in [-0.15, -0.1) is 0 Å². The van der Waals surface area contributed by atoms with E-state index in [9.17, 15) is 9.59 Å². The quantitative estimate of drug-likeness (QED) is 0.811. The standard InChI is InChI=1S/C16H26N2O2S/c1-21-12-6-11-18-14(20)15(7-2-3-8-15)17-13(19)16(18)9-4-5-10-16/h2-12H2,1H3,(H,17,19). The first-order valence-corrected chi connectivity index (χ1v) is 9.68. The lowest BCUT2D eigenvalue weighted by Gasteiger charge is -2.50. The summed E-state index contributed by atoms with van der Waals surface area (Å²) in [4.78, 5) is 28.0. The van der Waals surface area contributed by atoms with Gasteiger partial charge >= 0.3 is 0 Å². The zero-order valence-corrected chi connectivity index (χ0v) is 13.8. The van der Waals surface area contributed by atoms with E-state index >= 15 is 0 Å². The second-order valence-electron chi connectivity index (χ2n) is 6.79. The van der Waals surface area contributed by atoms with Crippen molar-refractivity contribution < 1.29 is 9.59 Å². The molecule has 1 heterocycles. The maximum atomic E-state index is 13.2. The van der Waals surface area contributed by atoms with Crippen LogP contribution in [0.5, 0.6) is 0 Å². The van der Waals surface area contributed by atoms with E-state index in [0.29, 0.717) is 0 Å². The van der Waals surface area contributed by atoms with Crippen LogP contribution < -0.4 is 5.32 Å². The second-order valence-corrected chi connectivity index (χ2v) is 7.77. The van der Waals surface area contributed by atoms with Crippen LogP contribution in [0.4, 0.5) is 0 Å². The molecule has 3 rings (SSSR count). The van der Waals surface area contributed by atoms with Crippen LogP contribution in [-0.2, 0) is 9.59 Å². The summed E-state index contributed by atoms with van der Waals surface area (Å²) in [5.74, 6) is 1.39. The first-order valence-electron chi connectivity index (χ1n) is 8.28. The summed E-state index contributed by atoms with van der Waals surface area (Å²) >= 11 is 1.81. The molecule has 2 aliphatic carbocycles. The average molecular weight is 310 g/mol. The normalized spacial score (nSPS) is 26.8. The predicted molar refractivity (Wildman–Crippen MR) is 85.3 cm³/mol. The largest absolute Gasteiger partial charge is 0.340 e. The van der Waals surface area contributed by atoms with Crippen molar-refractivity contribution >= 4 is 23.6 Å². The first kappa shape index (κ1) is 15.2. The summed E-state index contributed by atoms with van der Waals surface area (Å²) < 4.78 is 0. The summed E-state index contributed by atoms with van der Waals surface area (Å²) in [6, 6.07) is 0. The van der Waals surface area contributed by atoms with E-state index in [0.717, 1.165) is 70.1 Å². The summed E-state index contributed by atoms with van der Waals surface area (Å²) in [7, 11) is 0. The van der Waals surface area contributed by atoms with Crippen molar-refractivity contribution in [3.63, 3.8) is 0 Å². The molecule has 2 saturated carbocycles. The van der Waals surface area contributed by atoms with Gasteiger partial charge in [-0.05, 0) is 44.1 Å². The maximum Gasteiger partial charge on any atom is 0.249 e. The van der Waals surface area contributed by atoms with E-state index in [2.05, 4.69) is 11.6 Å². The molecule has 1 saturated heterocycles. The van der Waals surface area contributed by atoms with Gasteiger partial charge in [0.2, 0.25) is 11.8 Å². The molecular formula is C16H26N2O2S. The molecular weight excluding hydrogens is 284 g/mol. The summed E-state index contributed by atoms with van der Waals surface area (Å²) in [5, 5.41) is 3.16. The molecule has 3 aliphatic rings. The molecule has 2 spiro atoms. The van der Waals surface area contributed by atoms with Crippen LogP contribution in [0.15, 0.2) is 0 Å². The minimum atomic E-state index is -0.565. The van der Waals surface area contributed by atoms with E-state index in [-0.39, 0.29) is 11.8 Å². The molecule has 0 aromatic rings. The zero-order valence-electron chi connectivity index (χ0n) is 13.0. The number of nitrogens with one attached hydrogen (secondary N) is 1. The minimum Gasteiger partial charge on any atom is -0.340 e. The van der Waals surface area contributed by atoms with Crippen molar-refractivity contribution in [2.45, 2.75) is 68.9 Å². The minimum absolute atomic E-state index is 0.130. The van der Waals surface area contributed by atoms with Gasteiger partial charge in [0.25, 0.3) is 0 Å². The van der Waals surface area contributed by atoms with E-state index in [1.165, 1.54) is 0 Å². The monoisotopic (exact) mass is 310 g/mol. The van der Waals surface area contributed by atoms with Crippen LogP contribution in [0.1, 0.15) is 57.8 Å². The molecule has 0 radical (unpaired) electrons. The highest BCUT2D eigenvalue weighted by atomic mass is 32.2. The van der Waals surface area contributed by atoms with E-state index in [1.54, 1.807) is 0 Å². The number of carbonyl (C=O) groups excluding carboxylic acids is 2. The highest BCUT2D eigenvalue weighted by molar-refractivity contribution is 7.98. The van der Waals surface area contributed by atoms with Gasteiger partial charge in [-0.1, -0.05) is 25.7 Å². The Kier molecular flexibility index (Phi) is 4.21. The zero-order chi connectivity index (χ0) is 14.9. The maximum absolute atomic E-state index is 13.2. The Bertz CT molecular complexity index is 426. The summed E-state index contributed by atoms with van der Waals surface area (Å²) in [6.07, 6.45) is 10.7. The van der Waals surface area contributed by atoms with Gasteiger partial charge in [0.1, 0.15) is 11.1 Å². The van der Waals surface area contributed by atoms with Crippen molar-refractivity contribution in [2.75, 3.05) is 18.6 Å². The first-order chi connectivity index (χ1) is 10.1. The Labute approximate surface area is 131 Å².